The summed E-state index contributed by atoms with van der Waals surface area (Å²) in [4.78, 5) is 26.4. The Bertz CT molecular complexity index is 547. The number of piperidine rings is 1. The smallest absolute Gasteiger partial charge is 0.227 e. The molecule has 0 aromatic heterocycles. The van der Waals surface area contributed by atoms with Crippen LogP contribution in [0.15, 0.2) is 30.3 Å². The number of amides is 2. The lowest BCUT2D eigenvalue weighted by Crippen LogP contribution is -2.51. The van der Waals surface area contributed by atoms with E-state index in [0.717, 1.165) is 31.4 Å². The quantitative estimate of drug-likeness (QED) is 0.839. The van der Waals surface area contributed by atoms with Gasteiger partial charge in [0.25, 0.3) is 0 Å². The van der Waals surface area contributed by atoms with Crippen molar-refractivity contribution >= 4 is 11.8 Å². The zero-order valence-electron chi connectivity index (χ0n) is 14.7. The number of nitrogens with one attached hydrogen (secondary N) is 1. The minimum absolute atomic E-state index is 0.0573. The number of hydrogen-bond donors (Lipinski definition) is 2. The van der Waals surface area contributed by atoms with E-state index in [9.17, 15) is 9.59 Å². The summed E-state index contributed by atoms with van der Waals surface area (Å²) in [5.74, 6) is -0.135. The van der Waals surface area contributed by atoms with Crippen LogP contribution in [0.1, 0.15) is 51.1 Å². The molecule has 5 heteroatoms. The van der Waals surface area contributed by atoms with E-state index in [2.05, 4.69) is 5.32 Å². The van der Waals surface area contributed by atoms with Gasteiger partial charge in [0.05, 0.1) is 5.92 Å². The Morgan fingerprint density at radius 2 is 2.04 bits per heavy atom. The summed E-state index contributed by atoms with van der Waals surface area (Å²) in [6, 6.07) is 9.48. The van der Waals surface area contributed by atoms with Gasteiger partial charge in [-0.2, -0.15) is 0 Å². The van der Waals surface area contributed by atoms with E-state index >= 15 is 0 Å². The molecule has 0 aliphatic carbocycles. The van der Waals surface area contributed by atoms with E-state index in [-0.39, 0.29) is 29.8 Å². The Labute approximate surface area is 144 Å². The first kappa shape index (κ1) is 18.5. The second-order valence-electron chi connectivity index (χ2n) is 6.67. The Hall–Kier alpha value is -1.88. The summed E-state index contributed by atoms with van der Waals surface area (Å²) < 4.78 is 0. The van der Waals surface area contributed by atoms with Gasteiger partial charge in [-0.15, -0.1) is 0 Å². The van der Waals surface area contributed by atoms with Crippen molar-refractivity contribution < 1.29 is 9.59 Å². The van der Waals surface area contributed by atoms with Crippen LogP contribution in [0.2, 0.25) is 0 Å². The predicted molar refractivity (Wildman–Crippen MR) is 95.2 cm³/mol. The van der Waals surface area contributed by atoms with Gasteiger partial charge in [-0.05, 0) is 24.8 Å². The molecule has 1 fully saturated rings. The van der Waals surface area contributed by atoms with Crippen molar-refractivity contribution in [1.29, 1.82) is 0 Å². The summed E-state index contributed by atoms with van der Waals surface area (Å²) in [6.45, 7) is 5.20. The molecule has 2 amide bonds. The molecule has 3 atom stereocenters. The topological polar surface area (TPSA) is 75.4 Å². The molecule has 3 N–H and O–H groups in total. The number of nitrogens with two attached hydrogens (primary N) is 1. The predicted octanol–water partition coefficient (Wildman–Crippen LogP) is 2.23. The number of benzene rings is 1. The summed E-state index contributed by atoms with van der Waals surface area (Å²) in [5, 5.41) is 3.04. The van der Waals surface area contributed by atoms with Crippen molar-refractivity contribution in [2.75, 3.05) is 13.1 Å². The Balaban J connectivity index is 1.94. The minimum atomic E-state index is -0.311. The van der Waals surface area contributed by atoms with Crippen LogP contribution < -0.4 is 11.1 Å². The number of rotatable bonds is 6. The van der Waals surface area contributed by atoms with Crippen LogP contribution >= 0.6 is 0 Å². The number of likely N-dealkylation sites (tertiary alicyclic amines) is 1. The maximum Gasteiger partial charge on any atom is 0.227 e. The van der Waals surface area contributed by atoms with Crippen molar-refractivity contribution in [1.82, 2.24) is 10.2 Å². The lowest BCUT2D eigenvalue weighted by Gasteiger charge is -2.35. The highest BCUT2D eigenvalue weighted by Gasteiger charge is 2.30. The highest BCUT2D eigenvalue weighted by atomic mass is 16.2. The SMILES string of the molecule is CCCC(=O)NC1CCCN(C(=O)C(C)C(N)c2ccccc2)C1. The van der Waals surface area contributed by atoms with Crippen LogP contribution in [-0.2, 0) is 9.59 Å². The molecule has 1 saturated heterocycles. The van der Waals surface area contributed by atoms with E-state index in [0.29, 0.717) is 13.0 Å². The minimum Gasteiger partial charge on any atom is -0.352 e. The summed E-state index contributed by atoms with van der Waals surface area (Å²) in [6.07, 6.45) is 3.22. The van der Waals surface area contributed by atoms with Crippen molar-refractivity contribution in [3.63, 3.8) is 0 Å². The highest BCUT2D eigenvalue weighted by molar-refractivity contribution is 5.80. The van der Waals surface area contributed by atoms with Crippen LogP contribution in [0, 0.1) is 5.92 Å². The fraction of sp³-hybridized carbons (Fsp3) is 0.579. The molecule has 0 spiro atoms. The highest BCUT2D eigenvalue weighted by Crippen LogP contribution is 2.23. The molecule has 2 rings (SSSR count). The van der Waals surface area contributed by atoms with E-state index in [4.69, 9.17) is 5.73 Å². The van der Waals surface area contributed by atoms with Crippen molar-refractivity contribution in [3.05, 3.63) is 35.9 Å². The molecule has 24 heavy (non-hydrogen) atoms. The van der Waals surface area contributed by atoms with Crippen LogP contribution in [0.5, 0.6) is 0 Å². The molecule has 1 aromatic rings. The van der Waals surface area contributed by atoms with Crippen LogP contribution in [0.3, 0.4) is 0 Å². The summed E-state index contributed by atoms with van der Waals surface area (Å²) >= 11 is 0. The zero-order valence-corrected chi connectivity index (χ0v) is 14.7. The van der Waals surface area contributed by atoms with Crippen LogP contribution in [-0.4, -0.2) is 35.8 Å². The number of carbonyl (C=O) groups is 2. The average Bonchev–Trinajstić information content (AvgIpc) is 2.61. The monoisotopic (exact) mass is 331 g/mol. The first-order valence-electron chi connectivity index (χ1n) is 8.91. The lowest BCUT2D eigenvalue weighted by molar-refractivity contribution is -0.137. The second kappa shape index (κ2) is 8.83. The molecule has 5 nitrogen and oxygen atoms in total. The van der Waals surface area contributed by atoms with Gasteiger partial charge in [0.2, 0.25) is 11.8 Å². The van der Waals surface area contributed by atoms with Crippen LogP contribution in [0.25, 0.3) is 0 Å². The van der Waals surface area contributed by atoms with Gasteiger partial charge in [-0.25, -0.2) is 0 Å². The molecule has 3 unspecified atom stereocenters. The molecule has 1 aromatic carbocycles. The largest absolute Gasteiger partial charge is 0.352 e. The van der Waals surface area contributed by atoms with E-state index in [1.807, 2.05) is 49.1 Å². The first-order valence-corrected chi connectivity index (χ1v) is 8.91. The van der Waals surface area contributed by atoms with Crippen molar-refractivity contribution in [2.45, 2.75) is 51.6 Å². The van der Waals surface area contributed by atoms with E-state index < -0.39 is 0 Å². The van der Waals surface area contributed by atoms with Gasteiger partial charge < -0.3 is 16.0 Å². The molecule has 0 radical (unpaired) electrons. The fourth-order valence-electron chi connectivity index (χ4n) is 3.23. The van der Waals surface area contributed by atoms with E-state index in [1.165, 1.54) is 0 Å². The lowest BCUT2D eigenvalue weighted by atomic mass is 9.93. The number of hydrogen-bond acceptors (Lipinski definition) is 3. The standard InChI is InChI=1S/C19H29N3O2/c1-3-8-17(23)21-16-11-7-12-22(13-16)19(24)14(2)18(20)15-9-5-4-6-10-15/h4-6,9-10,14,16,18H,3,7-8,11-13,20H2,1-2H3,(H,21,23). The first-order chi connectivity index (χ1) is 11.5. The Morgan fingerprint density at radius 3 is 2.71 bits per heavy atom. The summed E-state index contributed by atoms with van der Waals surface area (Å²) in [7, 11) is 0. The van der Waals surface area contributed by atoms with Crippen molar-refractivity contribution in [3.8, 4) is 0 Å². The molecule has 1 aliphatic heterocycles. The molecular formula is C19H29N3O2. The average molecular weight is 331 g/mol. The molecule has 0 saturated carbocycles. The maximum absolute atomic E-state index is 12.8. The molecule has 0 bridgehead atoms. The molecule has 1 aliphatic rings. The van der Waals surface area contributed by atoms with Gasteiger partial charge in [0.15, 0.2) is 0 Å². The van der Waals surface area contributed by atoms with Gasteiger partial charge in [-0.1, -0.05) is 44.2 Å². The van der Waals surface area contributed by atoms with Gasteiger partial charge in [0.1, 0.15) is 0 Å². The second-order valence-corrected chi connectivity index (χ2v) is 6.67. The van der Waals surface area contributed by atoms with Crippen molar-refractivity contribution in [2.24, 2.45) is 11.7 Å². The third-order valence-electron chi connectivity index (χ3n) is 4.69. The van der Waals surface area contributed by atoms with Crippen LogP contribution in [0.4, 0.5) is 0 Å². The number of carbonyl (C=O) groups excluding carboxylic acids is 2. The molecule has 1 heterocycles. The number of nitrogens with zero attached hydrogens (tertiary/aromatic N) is 1. The zero-order chi connectivity index (χ0) is 17.5. The van der Waals surface area contributed by atoms with E-state index in [1.54, 1.807) is 0 Å². The molecule has 132 valence electrons. The Morgan fingerprint density at radius 1 is 1.33 bits per heavy atom. The van der Waals surface area contributed by atoms with Gasteiger partial charge in [-0.3, -0.25) is 9.59 Å². The molecular weight excluding hydrogens is 302 g/mol. The third-order valence-corrected chi connectivity index (χ3v) is 4.69. The third kappa shape index (κ3) is 4.81. The normalized spacial score (nSPS) is 20.3. The Kier molecular flexibility index (Phi) is 6.79. The van der Waals surface area contributed by atoms with Gasteiger partial charge >= 0.3 is 0 Å². The van der Waals surface area contributed by atoms with Gasteiger partial charge in [0, 0.05) is 31.6 Å². The maximum atomic E-state index is 12.8. The fourth-order valence-corrected chi connectivity index (χ4v) is 3.23. The summed E-state index contributed by atoms with van der Waals surface area (Å²) in [5.41, 5.74) is 7.26.